The summed E-state index contributed by atoms with van der Waals surface area (Å²) >= 11 is 2.02. The van der Waals surface area contributed by atoms with E-state index in [2.05, 4.69) is 28.9 Å². The van der Waals surface area contributed by atoms with Gasteiger partial charge >= 0.3 is 0 Å². The van der Waals surface area contributed by atoms with E-state index in [0.29, 0.717) is 17.8 Å². The molecule has 2 rings (SSSR count). The average molecular weight is 238 g/mol. The summed E-state index contributed by atoms with van der Waals surface area (Å²) in [4.78, 5) is 2.33. The van der Waals surface area contributed by atoms with Crippen LogP contribution in [0, 0.1) is 0 Å². The highest BCUT2D eigenvalue weighted by Crippen LogP contribution is 2.29. The second-order valence-corrected chi connectivity index (χ2v) is 5.58. The van der Waals surface area contributed by atoms with Crippen molar-refractivity contribution in [3.8, 4) is 0 Å². The molecule has 0 bridgehead atoms. The zero-order chi connectivity index (χ0) is 11.5. The van der Waals surface area contributed by atoms with E-state index in [9.17, 15) is 0 Å². The van der Waals surface area contributed by atoms with E-state index in [1.54, 1.807) is 6.20 Å². The molecule has 2 N–H and O–H groups in total. The van der Waals surface area contributed by atoms with Gasteiger partial charge in [-0.2, -0.15) is 16.9 Å². The summed E-state index contributed by atoms with van der Waals surface area (Å²) in [6.07, 6.45) is 1.71. The number of hydrogen-bond acceptors (Lipinski definition) is 5. The van der Waals surface area contributed by atoms with Crippen molar-refractivity contribution in [2.45, 2.75) is 31.7 Å². The minimum absolute atomic E-state index is 0.487. The molecular weight excluding hydrogens is 220 g/mol. The Bertz CT molecular complexity index is 358. The van der Waals surface area contributed by atoms with Crippen LogP contribution in [0.1, 0.15) is 19.4 Å². The van der Waals surface area contributed by atoms with Gasteiger partial charge in [0, 0.05) is 35.7 Å². The molecule has 2 unspecified atom stereocenters. The van der Waals surface area contributed by atoms with Gasteiger partial charge in [-0.05, 0) is 13.0 Å². The Morgan fingerprint density at radius 3 is 3.12 bits per heavy atom. The molecule has 0 aromatic carbocycles. The summed E-state index contributed by atoms with van der Waals surface area (Å²) in [7, 11) is 0. The number of thioether (sulfide) groups is 1. The molecule has 1 aliphatic heterocycles. The van der Waals surface area contributed by atoms with Crippen molar-refractivity contribution < 1.29 is 0 Å². The minimum Gasteiger partial charge on any atom is -0.350 e. The molecule has 0 radical (unpaired) electrons. The molecule has 1 aromatic rings. The molecule has 0 amide bonds. The Hall–Kier alpha value is -0.810. The first-order valence-electron chi connectivity index (χ1n) is 5.63. The second kappa shape index (κ2) is 5.01. The Morgan fingerprint density at radius 2 is 2.38 bits per heavy atom. The van der Waals surface area contributed by atoms with Gasteiger partial charge in [-0.1, -0.05) is 6.92 Å². The predicted molar refractivity (Wildman–Crippen MR) is 68.7 cm³/mol. The number of anilines is 1. The highest BCUT2D eigenvalue weighted by molar-refractivity contribution is 8.00. The van der Waals surface area contributed by atoms with Crippen molar-refractivity contribution in [3.63, 3.8) is 0 Å². The number of nitrogens with zero attached hydrogens (tertiary/aromatic N) is 3. The lowest BCUT2D eigenvalue weighted by atomic mass is 10.1. The van der Waals surface area contributed by atoms with Crippen LogP contribution in [0.5, 0.6) is 0 Å². The van der Waals surface area contributed by atoms with Crippen LogP contribution in [0.25, 0.3) is 0 Å². The van der Waals surface area contributed by atoms with Crippen LogP contribution in [0.4, 0.5) is 5.82 Å². The van der Waals surface area contributed by atoms with Crippen molar-refractivity contribution in [1.82, 2.24) is 10.2 Å². The van der Waals surface area contributed by atoms with Crippen molar-refractivity contribution in [3.05, 3.63) is 17.8 Å². The van der Waals surface area contributed by atoms with E-state index in [4.69, 9.17) is 5.73 Å². The number of nitrogens with two attached hydrogens (primary N) is 1. The predicted octanol–water partition coefficient (Wildman–Crippen LogP) is 1.27. The highest BCUT2D eigenvalue weighted by atomic mass is 32.2. The topological polar surface area (TPSA) is 55.0 Å². The van der Waals surface area contributed by atoms with Crippen LogP contribution in [-0.2, 0) is 6.54 Å². The smallest absolute Gasteiger partial charge is 0.156 e. The third-order valence-corrected chi connectivity index (χ3v) is 4.50. The van der Waals surface area contributed by atoms with Gasteiger partial charge in [-0.15, -0.1) is 5.10 Å². The van der Waals surface area contributed by atoms with E-state index in [0.717, 1.165) is 23.7 Å². The van der Waals surface area contributed by atoms with Gasteiger partial charge in [0.25, 0.3) is 0 Å². The number of rotatable bonds is 2. The van der Waals surface area contributed by atoms with Gasteiger partial charge in [0.1, 0.15) is 0 Å². The zero-order valence-corrected chi connectivity index (χ0v) is 10.6. The molecule has 1 fully saturated rings. The molecule has 4 nitrogen and oxygen atoms in total. The number of hydrogen-bond donors (Lipinski definition) is 1. The lowest BCUT2D eigenvalue weighted by Crippen LogP contribution is -2.45. The first-order chi connectivity index (χ1) is 7.74. The van der Waals surface area contributed by atoms with Gasteiger partial charge in [0.2, 0.25) is 0 Å². The van der Waals surface area contributed by atoms with Gasteiger partial charge < -0.3 is 10.6 Å². The van der Waals surface area contributed by atoms with E-state index in [1.165, 1.54) is 0 Å². The Balaban J connectivity index is 2.28. The molecule has 88 valence electrons. The van der Waals surface area contributed by atoms with Crippen molar-refractivity contribution in [2.24, 2.45) is 5.73 Å². The third kappa shape index (κ3) is 2.15. The fourth-order valence-corrected chi connectivity index (χ4v) is 3.08. The maximum atomic E-state index is 5.74. The standard InChI is InChI=1S/C11H18N4S/c1-8-9(2)16-6-5-15(8)11-10(7-12)3-4-13-14-11/h3-4,8-9H,5-7,12H2,1-2H3. The number of aromatic nitrogens is 2. The summed E-state index contributed by atoms with van der Waals surface area (Å²) in [5.41, 5.74) is 6.82. The third-order valence-electron chi connectivity index (χ3n) is 3.16. The summed E-state index contributed by atoms with van der Waals surface area (Å²) in [6, 6.07) is 2.45. The van der Waals surface area contributed by atoms with Crippen molar-refractivity contribution in [2.75, 3.05) is 17.2 Å². The maximum Gasteiger partial charge on any atom is 0.156 e. The largest absolute Gasteiger partial charge is 0.350 e. The van der Waals surface area contributed by atoms with Gasteiger partial charge in [0.05, 0.1) is 6.20 Å². The second-order valence-electron chi connectivity index (χ2n) is 4.09. The monoisotopic (exact) mass is 238 g/mol. The summed E-state index contributed by atoms with van der Waals surface area (Å²) in [6.45, 7) is 6.06. The maximum absolute atomic E-state index is 5.74. The van der Waals surface area contributed by atoms with Crippen LogP contribution in [0.3, 0.4) is 0 Å². The molecule has 0 aliphatic carbocycles. The van der Waals surface area contributed by atoms with Crippen LogP contribution in [-0.4, -0.2) is 33.8 Å². The first kappa shape index (κ1) is 11.7. The summed E-state index contributed by atoms with van der Waals surface area (Å²) in [5, 5.41) is 8.84. The molecule has 1 aromatic heterocycles. The van der Waals surface area contributed by atoms with E-state index < -0.39 is 0 Å². The van der Waals surface area contributed by atoms with Crippen LogP contribution < -0.4 is 10.6 Å². The first-order valence-corrected chi connectivity index (χ1v) is 6.67. The fourth-order valence-electron chi connectivity index (χ4n) is 1.98. The normalized spacial score (nSPS) is 25.8. The molecule has 1 saturated heterocycles. The lowest BCUT2D eigenvalue weighted by Gasteiger charge is -2.38. The molecule has 2 atom stereocenters. The Morgan fingerprint density at radius 1 is 1.56 bits per heavy atom. The fraction of sp³-hybridized carbons (Fsp3) is 0.636. The lowest BCUT2D eigenvalue weighted by molar-refractivity contribution is 0.613. The van der Waals surface area contributed by atoms with Crippen LogP contribution in [0.2, 0.25) is 0 Å². The SMILES string of the molecule is CC1SCCN(c2nnccc2CN)C1C. The Kier molecular flexibility index (Phi) is 3.66. The summed E-state index contributed by atoms with van der Waals surface area (Å²) in [5.74, 6) is 2.11. The van der Waals surface area contributed by atoms with Gasteiger partial charge in [0.15, 0.2) is 5.82 Å². The van der Waals surface area contributed by atoms with Crippen molar-refractivity contribution in [1.29, 1.82) is 0 Å². The van der Waals surface area contributed by atoms with Crippen LogP contribution >= 0.6 is 11.8 Å². The molecule has 2 heterocycles. The highest BCUT2D eigenvalue weighted by Gasteiger charge is 2.27. The van der Waals surface area contributed by atoms with Gasteiger partial charge in [-0.25, -0.2) is 0 Å². The summed E-state index contributed by atoms with van der Waals surface area (Å²) < 4.78 is 0. The Labute approximate surface area is 101 Å². The van der Waals surface area contributed by atoms with Crippen LogP contribution in [0.15, 0.2) is 12.3 Å². The van der Waals surface area contributed by atoms with Gasteiger partial charge in [-0.3, -0.25) is 0 Å². The zero-order valence-electron chi connectivity index (χ0n) is 9.76. The van der Waals surface area contributed by atoms with E-state index >= 15 is 0 Å². The molecule has 5 heteroatoms. The average Bonchev–Trinajstić information content (AvgIpc) is 2.33. The molecular formula is C11H18N4S. The molecule has 0 saturated carbocycles. The van der Waals surface area contributed by atoms with E-state index in [-0.39, 0.29) is 0 Å². The van der Waals surface area contributed by atoms with Crippen molar-refractivity contribution >= 4 is 17.6 Å². The quantitative estimate of drug-likeness (QED) is 0.841. The molecule has 1 aliphatic rings. The minimum atomic E-state index is 0.487. The molecule has 16 heavy (non-hydrogen) atoms. The van der Waals surface area contributed by atoms with E-state index in [1.807, 2.05) is 17.8 Å². The molecule has 0 spiro atoms.